The SMILES string of the molecule is CC[C@@H](O)[C@@]1(C)OC(=O)C[C@@H]1[C@@H](C)N. The Labute approximate surface area is 84.4 Å². The van der Waals surface area contributed by atoms with Gasteiger partial charge in [-0.1, -0.05) is 6.92 Å². The molecule has 0 aliphatic carbocycles. The molecule has 1 aliphatic heterocycles. The molecule has 0 unspecified atom stereocenters. The summed E-state index contributed by atoms with van der Waals surface area (Å²) in [7, 11) is 0. The summed E-state index contributed by atoms with van der Waals surface area (Å²) in [6.45, 7) is 5.47. The molecule has 0 bridgehead atoms. The summed E-state index contributed by atoms with van der Waals surface area (Å²) in [4.78, 5) is 11.2. The molecule has 0 aromatic heterocycles. The first-order valence-corrected chi connectivity index (χ1v) is 5.07. The van der Waals surface area contributed by atoms with Gasteiger partial charge in [-0.3, -0.25) is 4.79 Å². The average Bonchev–Trinajstić information content (AvgIpc) is 2.41. The fraction of sp³-hybridized carbons (Fsp3) is 0.900. The van der Waals surface area contributed by atoms with Crippen molar-refractivity contribution in [3.8, 4) is 0 Å². The van der Waals surface area contributed by atoms with Crippen molar-refractivity contribution in [1.82, 2.24) is 0 Å². The van der Waals surface area contributed by atoms with Crippen LogP contribution in [0, 0.1) is 5.92 Å². The molecule has 0 aromatic rings. The highest BCUT2D eigenvalue weighted by Crippen LogP contribution is 2.38. The molecular weight excluding hydrogens is 182 g/mol. The van der Waals surface area contributed by atoms with Crippen LogP contribution in [0.5, 0.6) is 0 Å². The molecule has 82 valence electrons. The maximum atomic E-state index is 11.2. The molecular formula is C10H19NO3. The Morgan fingerprint density at radius 3 is 2.79 bits per heavy atom. The van der Waals surface area contributed by atoms with Crippen molar-refractivity contribution < 1.29 is 14.6 Å². The van der Waals surface area contributed by atoms with Crippen molar-refractivity contribution in [1.29, 1.82) is 0 Å². The fourth-order valence-corrected chi connectivity index (χ4v) is 2.17. The van der Waals surface area contributed by atoms with Gasteiger partial charge in [0.15, 0.2) is 0 Å². The van der Waals surface area contributed by atoms with Crippen LogP contribution in [0.25, 0.3) is 0 Å². The largest absolute Gasteiger partial charge is 0.456 e. The van der Waals surface area contributed by atoms with Gasteiger partial charge in [0.2, 0.25) is 0 Å². The lowest BCUT2D eigenvalue weighted by Gasteiger charge is -2.35. The number of cyclic esters (lactones) is 1. The lowest BCUT2D eigenvalue weighted by molar-refractivity contribution is -0.159. The van der Waals surface area contributed by atoms with Gasteiger partial charge < -0.3 is 15.6 Å². The minimum atomic E-state index is -0.806. The Bertz CT molecular complexity index is 229. The van der Waals surface area contributed by atoms with Crippen LogP contribution in [0.2, 0.25) is 0 Å². The standard InChI is InChI=1S/C10H19NO3/c1-4-8(12)10(3)7(6(2)11)5-9(13)14-10/h6-8,12H,4-5,11H2,1-3H3/t6-,7-,8-,10+/m1/s1. The van der Waals surface area contributed by atoms with Gasteiger partial charge in [0.25, 0.3) is 0 Å². The van der Waals surface area contributed by atoms with Crippen LogP contribution in [0.1, 0.15) is 33.6 Å². The molecule has 1 saturated heterocycles. The number of esters is 1. The van der Waals surface area contributed by atoms with Crippen molar-refractivity contribution in [3.63, 3.8) is 0 Å². The van der Waals surface area contributed by atoms with Gasteiger partial charge in [0.05, 0.1) is 12.5 Å². The zero-order chi connectivity index (χ0) is 10.9. The first kappa shape index (κ1) is 11.5. The highest BCUT2D eigenvalue weighted by atomic mass is 16.6. The number of carbonyl (C=O) groups excluding carboxylic acids is 1. The van der Waals surface area contributed by atoms with Crippen molar-refractivity contribution in [2.75, 3.05) is 0 Å². The molecule has 1 aliphatic rings. The minimum absolute atomic E-state index is 0.0926. The van der Waals surface area contributed by atoms with Gasteiger partial charge in [-0.2, -0.15) is 0 Å². The lowest BCUT2D eigenvalue weighted by atomic mass is 9.79. The zero-order valence-corrected chi connectivity index (χ0v) is 8.99. The first-order chi connectivity index (χ1) is 6.41. The number of nitrogens with two attached hydrogens (primary N) is 1. The molecule has 0 saturated carbocycles. The minimum Gasteiger partial charge on any atom is -0.456 e. The van der Waals surface area contributed by atoms with Crippen LogP contribution in [0.4, 0.5) is 0 Å². The van der Waals surface area contributed by atoms with Crippen molar-refractivity contribution in [2.45, 2.75) is 51.4 Å². The highest BCUT2D eigenvalue weighted by Gasteiger charge is 2.51. The van der Waals surface area contributed by atoms with Gasteiger partial charge >= 0.3 is 5.97 Å². The van der Waals surface area contributed by atoms with E-state index in [0.717, 1.165) is 0 Å². The van der Waals surface area contributed by atoms with E-state index >= 15 is 0 Å². The van der Waals surface area contributed by atoms with Crippen LogP contribution in [-0.4, -0.2) is 28.8 Å². The normalized spacial score (nSPS) is 36.6. The molecule has 4 atom stereocenters. The van der Waals surface area contributed by atoms with Gasteiger partial charge in [0, 0.05) is 12.0 Å². The second-order valence-corrected chi connectivity index (χ2v) is 4.25. The van der Waals surface area contributed by atoms with E-state index in [1.165, 1.54) is 0 Å². The molecule has 4 nitrogen and oxygen atoms in total. The third-order valence-electron chi connectivity index (χ3n) is 3.14. The second kappa shape index (κ2) is 3.87. The number of aliphatic hydroxyl groups is 1. The van der Waals surface area contributed by atoms with Crippen LogP contribution < -0.4 is 5.73 Å². The Kier molecular flexibility index (Phi) is 3.17. The molecule has 14 heavy (non-hydrogen) atoms. The average molecular weight is 201 g/mol. The summed E-state index contributed by atoms with van der Waals surface area (Å²) < 4.78 is 5.21. The first-order valence-electron chi connectivity index (χ1n) is 5.07. The zero-order valence-electron chi connectivity index (χ0n) is 8.99. The maximum Gasteiger partial charge on any atom is 0.306 e. The lowest BCUT2D eigenvalue weighted by Crippen LogP contribution is -2.49. The summed E-state index contributed by atoms with van der Waals surface area (Å²) in [6, 6.07) is -0.146. The summed E-state index contributed by atoms with van der Waals surface area (Å²) in [5, 5.41) is 9.82. The maximum absolute atomic E-state index is 11.2. The van der Waals surface area contributed by atoms with Crippen LogP contribution >= 0.6 is 0 Å². The Balaban J connectivity index is 2.88. The van der Waals surface area contributed by atoms with E-state index in [4.69, 9.17) is 10.5 Å². The van der Waals surface area contributed by atoms with Crippen LogP contribution in [-0.2, 0) is 9.53 Å². The van der Waals surface area contributed by atoms with E-state index < -0.39 is 11.7 Å². The van der Waals surface area contributed by atoms with Crippen molar-refractivity contribution >= 4 is 5.97 Å². The topological polar surface area (TPSA) is 72.5 Å². The third kappa shape index (κ3) is 1.77. The predicted octanol–water partition coefficient (Wildman–Crippen LogP) is 0.426. The van der Waals surface area contributed by atoms with E-state index in [9.17, 15) is 9.90 Å². The van der Waals surface area contributed by atoms with E-state index in [-0.39, 0.29) is 17.9 Å². The Morgan fingerprint density at radius 1 is 1.79 bits per heavy atom. The molecule has 1 rings (SSSR count). The monoisotopic (exact) mass is 201 g/mol. The smallest absolute Gasteiger partial charge is 0.306 e. The molecule has 0 radical (unpaired) electrons. The Morgan fingerprint density at radius 2 is 2.36 bits per heavy atom. The number of carbonyl (C=O) groups is 1. The molecule has 0 spiro atoms. The number of aliphatic hydroxyl groups excluding tert-OH is 1. The number of rotatable bonds is 3. The van der Waals surface area contributed by atoms with Gasteiger partial charge in [-0.05, 0) is 20.3 Å². The summed E-state index contributed by atoms with van der Waals surface area (Å²) >= 11 is 0. The molecule has 4 heteroatoms. The highest BCUT2D eigenvalue weighted by molar-refractivity contribution is 5.73. The van der Waals surface area contributed by atoms with E-state index in [1.54, 1.807) is 6.92 Å². The molecule has 0 aromatic carbocycles. The van der Waals surface area contributed by atoms with Crippen LogP contribution in [0.3, 0.4) is 0 Å². The second-order valence-electron chi connectivity index (χ2n) is 4.25. The van der Waals surface area contributed by atoms with E-state index in [2.05, 4.69) is 0 Å². The van der Waals surface area contributed by atoms with Crippen LogP contribution in [0.15, 0.2) is 0 Å². The summed E-state index contributed by atoms with van der Waals surface area (Å²) in [5.74, 6) is -0.354. The fourth-order valence-electron chi connectivity index (χ4n) is 2.17. The quantitative estimate of drug-likeness (QED) is 0.649. The van der Waals surface area contributed by atoms with Gasteiger partial charge in [0.1, 0.15) is 5.60 Å². The molecule has 3 N–H and O–H groups in total. The number of hydrogen-bond donors (Lipinski definition) is 2. The van der Waals surface area contributed by atoms with Crippen molar-refractivity contribution in [2.24, 2.45) is 11.7 Å². The summed E-state index contributed by atoms with van der Waals surface area (Å²) in [5.41, 5.74) is 4.98. The summed E-state index contributed by atoms with van der Waals surface area (Å²) in [6.07, 6.45) is 0.239. The molecule has 1 heterocycles. The Hall–Kier alpha value is -0.610. The van der Waals surface area contributed by atoms with E-state index in [1.807, 2.05) is 13.8 Å². The van der Waals surface area contributed by atoms with Gasteiger partial charge in [-0.25, -0.2) is 0 Å². The number of ether oxygens (including phenoxy) is 1. The van der Waals surface area contributed by atoms with E-state index in [0.29, 0.717) is 12.8 Å². The van der Waals surface area contributed by atoms with Crippen molar-refractivity contribution in [3.05, 3.63) is 0 Å². The number of hydrogen-bond acceptors (Lipinski definition) is 4. The molecule has 1 fully saturated rings. The third-order valence-corrected chi connectivity index (χ3v) is 3.14. The molecule has 0 amide bonds. The predicted molar refractivity (Wildman–Crippen MR) is 52.6 cm³/mol. The van der Waals surface area contributed by atoms with Gasteiger partial charge in [-0.15, -0.1) is 0 Å².